The van der Waals surface area contributed by atoms with Gasteiger partial charge in [-0.1, -0.05) is 23.7 Å². The highest BCUT2D eigenvalue weighted by Gasteiger charge is 2.16. The van der Waals surface area contributed by atoms with Gasteiger partial charge < -0.3 is 15.4 Å². The molecule has 3 nitrogen and oxygen atoms in total. The van der Waals surface area contributed by atoms with Crippen molar-refractivity contribution in [2.45, 2.75) is 37.8 Å². The second-order valence-electron chi connectivity index (χ2n) is 5.70. The van der Waals surface area contributed by atoms with E-state index >= 15 is 0 Å². The number of ether oxygens (including phenoxy) is 1. The average molecular weight is 297 g/mol. The van der Waals surface area contributed by atoms with Crippen LogP contribution < -0.4 is 5.73 Å². The smallest absolute Gasteiger partial charge is 0.0701 e. The molecular formula is C16H25ClN2O. The molecule has 2 unspecified atom stereocenters. The summed E-state index contributed by atoms with van der Waals surface area (Å²) >= 11 is 6.00. The van der Waals surface area contributed by atoms with Gasteiger partial charge in [0.25, 0.3) is 0 Å². The molecule has 1 aromatic carbocycles. The van der Waals surface area contributed by atoms with Crippen LogP contribution >= 0.6 is 11.6 Å². The summed E-state index contributed by atoms with van der Waals surface area (Å²) in [5, 5.41) is 0.752. The Hall–Kier alpha value is -0.610. The molecule has 20 heavy (non-hydrogen) atoms. The molecule has 2 N–H and O–H groups in total. The summed E-state index contributed by atoms with van der Waals surface area (Å²) in [5.74, 6) is 0. The zero-order valence-electron chi connectivity index (χ0n) is 12.2. The Morgan fingerprint density at radius 2 is 2.30 bits per heavy atom. The fourth-order valence-corrected chi connectivity index (χ4v) is 2.85. The first-order chi connectivity index (χ1) is 9.65. The zero-order valence-corrected chi connectivity index (χ0v) is 13.0. The predicted molar refractivity (Wildman–Crippen MR) is 84.1 cm³/mol. The molecule has 2 rings (SSSR count). The molecule has 0 aliphatic carbocycles. The Labute approximate surface area is 127 Å². The van der Waals surface area contributed by atoms with Gasteiger partial charge in [-0.25, -0.2) is 0 Å². The van der Waals surface area contributed by atoms with Crippen molar-refractivity contribution in [3.63, 3.8) is 0 Å². The van der Waals surface area contributed by atoms with Crippen LogP contribution in [0.4, 0.5) is 0 Å². The van der Waals surface area contributed by atoms with Gasteiger partial charge in [0.1, 0.15) is 0 Å². The van der Waals surface area contributed by atoms with Crippen LogP contribution in [0.2, 0.25) is 5.02 Å². The monoisotopic (exact) mass is 296 g/mol. The Bertz CT molecular complexity index is 407. The van der Waals surface area contributed by atoms with Crippen molar-refractivity contribution < 1.29 is 4.74 Å². The normalized spacial score (nSPS) is 21.1. The fraction of sp³-hybridized carbons (Fsp3) is 0.625. The van der Waals surface area contributed by atoms with Crippen molar-refractivity contribution in [3.05, 3.63) is 34.9 Å². The summed E-state index contributed by atoms with van der Waals surface area (Å²) < 4.78 is 5.77. The summed E-state index contributed by atoms with van der Waals surface area (Å²) in [7, 11) is 2.14. The number of hydrogen-bond acceptors (Lipinski definition) is 3. The fourth-order valence-electron chi connectivity index (χ4n) is 2.65. The number of likely N-dealkylation sites (N-methyl/N-ethyl adjacent to an activating group) is 1. The lowest BCUT2D eigenvalue weighted by molar-refractivity contribution is -0.00175. The molecule has 112 valence electrons. The molecule has 0 saturated carbocycles. The van der Waals surface area contributed by atoms with Gasteiger partial charge in [-0.2, -0.15) is 0 Å². The standard InChI is InChI=1S/C16H25ClN2O/c1-19(12-15-7-2-3-10-20-15)9-8-16(18)13-5-4-6-14(17)11-13/h4-6,11,15-16H,2-3,7-10,12,18H2,1H3. The predicted octanol–water partition coefficient (Wildman–Crippen LogP) is 3.23. The van der Waals surface area contributed by atoms with E-state index in [4.69, 9.17) is 22.1 Å². The molecule has 1 aliphatic rings. The van der Waals surface area contributed by atoms with Crippen molar-refractivity contribution in [3.8, 4) is 0 Å². The SMILES string of the molecule is CN(CCC(N)c1cccc(Cl)c1)CC1CCCCO1. The molecule has 1 heterocycles. The van der Waals surface area contributed by atoms with E-state index in [0.29, 0.717) is 6.10 Å². The molecule has 1 saturated heterocycles. The van der Waals surface area contributed by atoms with Crippen molar-refractivity contribution >= 4 is 11.6 Å². The molecule has 1 fully saturated rings. The van der Waals surface area contributed by atoms with E-state index in [1.165, 1.54) is 19.3 Å². The maximum Gasteiger partial charge on any atom is 0.0701 e. The highest BCUT2D eigenvalue weighted by molar-refractivity contribution is 6.30. The Morgan fingerprint density at radius 1 is 1.45 bits per heavy atom. The molecular weight excluding hydrogens is 272 g/mol. The van der Waals surface area contributed by atoms with Gasteiger partial charge in [-0.15, -0.1) is 0 Å². The lowest BCUT2D eigenvalue weighted by Crippen LogP contribution is -2.34. The highest BCUT2D eigenvalue weighted by atomic mass is 35.5. The van der Waals surface area contributed by atoms with E-state index in [1.54, 1.807) is 0 Å². The topological polar surface area (TPSA) is 38.5 Å². The number of nitrogens with zero attached hydrogens (tertiary/aromatic N) is 1. The van der Waals surface area contributed by atoms with Crippen molar-refractivity contribution in [1.82, 2.24) is 4.90 Å². The molecule has 1 aromatic rings. The van der Waals surface area contributed by atoms with Crippen molar-refractivity contribution in [2.75, 3.05) is 26.7 Å². The number of hydrogen-bond donors (Lipinski definition) is 1. The molecule has 4 heteroatoms. The van der Waals surface area contributed by atoms with Crippen LogP contribution in [0, 0.1) is 0 Å². The third-order valence-corrected chi connectivity index (χ3v) is 4.12. The van der Waals surface area contributed by atoms with Crippen LogP contribution in [-0.2, 0) is 4.74 Å². The minimum absolute atomic E-state index is 0.0448. The first-order valence-corrected chi connectivity index (χ1v) is 7.84. The van der Waals surface area contributed by atoms with Crippen LogP contribution in [0.25, 0.3) is 0 Å². The lowest BCUT2D eigenvalue weighted by Gasteiger charge is -2.28. The minimum atomic E-state index is 0.0448. The summed E-state index contributed by atoms with van der Waals surface area (Å²) in [6.07, 6.45) is 5.02. The molecule has 2 atom stereocenters. The number of rotatable bonds is 6. The average Bonchev–Trinajstić information content (AvgIpc) is 2.46. The number of benzene rings is 1. The van der Waals surface area contributed by atoms with Gasteiger partial charge in [-0.05, 0) is 57.0 Å². The second-order valence-corrected chi connectivity index (χ2v) is 6.14. The molecule has 0 bridgehead atoms. The first kappa shape index (κ1) is 15.8. The van der Waals surface area contributed by atoms with Crippen LogP contribution in [0.15, 0.2) is 24.3 Å². The van der Waals surface area contributed by atoms with E-state index in [2.05, 4.69) is 11.9 Å². The van der Waals surface area contributed by atoms with Gasteiger partial charge in [0.15, 0.2) is 0 Å². The van der Waals surface area contributed by atoms with Crippen molar-refractivity contribution in [1.29, 1.82) is 0 Å². The Kier molecular flexibility index (Phi) is 6.30. The van der Waals surface area contributed by atoms with Crippen molar-refractivity contribution in [2.24, 2.45) is 5.73 Å². The van der Waals surface area contributed by atoms with Gasteiger partial charge in [0.2, 0.25) is 0 Å². The van der Waals surface area contributed by atoms with E-state index in [9.17, 15) is 0 Å². The van der Waals surface area contributed by atoms with E-state index in [-0.39, 0.29) is 6.04 Å². The number of nitrogens with two attached hydrogens (primary N) is 1. The van der Waals surface area contributed by atoms with Gasteiger partial charge in [0.05, 0.1) is 6.10 Å². The Balaban J connectivity index is 1.73. The van der Waals surface area contributed by atoms with Gasteiger partial charge in [0, 0.05) is 24.2 Å². The highest BCUT2D eigenvalue weighted by Crippen LogP contribution is 2.19. The second kappa shape index (κ2) is 7.99. The maximum atomic E-state index is 6.23. The third kappa shape index (κ3) is 5.06. The van der Waals surface area contributed by atoms with Crippen LogP contribution in [0.1, 0.15) is 37.3 Å². The van der Waals surface area contributed by atoms with Crippen LogP contribution in [0.5, 0.6) is 0 Å². The van der Waals surface area contributed by atoms with Crippen LogP contribution in [0.3, 0.4) is 0 Å². The number of halogens is 1. The maximum absolute atomic E-state index is 6.23. The molecule has 0 spiro atoms. The van der Waals surface area contributed by atoms with Gasteiger partial charge >= 0.3 is 0 Å². The summed E-state index contributed by atoms with van der Waals surface area (Å²) in [4.78, 5) is 2.32. The quantitative estimate of drug-likeness (QED) is 0.876. The van der Waals surface area contributed by atoms with E-state index in [0.717, 1.165) is 36.7 Å². The lowest BCUT2D eigenvalue weighted by atomic mass is 10.0. The molecule has 0 amide bonds. The third-order valence-electron chi connectivity index (χ3n) is 3.89. The van der Waals surface area contributed by atoms with Gasteiger partial charge in [-0.3, -0.25) is 0 Å². The Morgan fingerprint density at radius 3 is 3.00 bits per heavy atom. The minimum Gasteiger partial charge on any atom is -0.377 e. The zero-order chi connectivity index (χ0) is 14.4. The van der Waals surface area contributed by atoms with Crippen LogP contribution in [-0.4, -0.2) is 37.7 Å². The van der Waals surface area contributed by atoms with E-state index < -0.39 is 0 Å². The molecule has 1 aliphatic heterocycles. The first-order valence-electron chi connectivity index (χ1n) is 7.46. The van der Waals surface area contributed by atoms with E-state index in [1.807, 2.05) is 24.3 Å². The summed E-state index contributed by atoms with van der Waals surface area (Å²) in [6.45, 7) is 2.90. The summed E-state index contributed by atoms with van der Waals surface area (Å²) in [5.41, 5.74) is 7.34. The molecule has 0 radical (unpaired) electrons. The molecule has 0 aromatic heterocycles. The largest absolute Gasteiger partial charge is 0.377 e. The summed E-state index contributed by atoms with van der Waals surface area (Å²) in [6, 6.07) is 7.88.